The van der Waals surface area contributed by atoms with Crippen molar-refractivity contribution in [2.24, 2.45) is 0 Å². The Kier molecular flexibility index (Phi) is 5.90. The van der Waals surface area contributed by atoms with E-state index < -0.39 is 4.92 Å². The Balaban J connectivity index is 2.59. The fourth-order valence-electron chi connectivity index (χ4n) is 1.48. The molecule has 0 saturated heterocycles. The quantitative estimate of drug-likeness (QED) is 0.343. The predicted octanol–water partition coefficient (Wildman–Crippen LogP) is 0.0863. The average molecular weight is 271 g/mol. The summed E-state index contributed by atoms with van der Waals surface area (Å²) in [5.41, 5.74) is 5.50. The van der Waals surface area contributed by atoms with Crippen molar-refractivity contribution >= 4 is 17.5 Å². The molecule has 0 aromatic carbocycles. The van der Waals surface area contributed by atoms with Crippen molar-refractivity contribution in [3.63, 3.8) is 0 Å². The summed E-state index contributed by atoms with van der Waals surface area (Å²) in [6, 6.07) is 0. The number of aliphatic hydroxyl groups is 1. The minimum atomic E-state index is -0.542. The van der Waals surface area contributed by atoms with Crippen LogP contribution < -0.4 is 11.1 Å². The van der Waals surface area contributed by atoms with Crippen LogP contribution in [0.5, 0.6) is 0 Å². The van der Waals surface area contributed by atoms with E-state index in [-0.39, 0.29) is 36.4 Å². The smallest absolute Gasteiger partial charge is 0.332 e. The number of aromatic nitrogens is 2. The van der Waals surface area contributed by atoms with Gasteiger partial charge in [0.05, 0.1) is 18.1 Å². The highest BCUT2D eigenvalue weighted by atomic mass is 16.6. The van der Waals surface area contributed by atoms with Crippen molar-refractivity contribution in [3.05, 3.63) is 15.8 Å². The highest BCUT2D eigenvalue weighted by Crippen LogP contribution is 2.25. The average Bonchev–Trinajstić information content (AvgIpc) is 2.32. The molecule has 1 rings (SSSR count). The summed E-state index contributed by atoms with van der Waals surface area (Å²) in [5.74, 6) is 0.0966. The van der Waals surface area contributed by atoms with E-state index in [0.717, 1.165) is 0 Å². The van der Waals surface area contributed by atoms with Crippen LogP contribution in [0.15, 0.2) is 0 Å². The molecular weight excluding hydrogens is 254 g/mol. The molecule has 0 atom stereocenters. The molecule has 19 heavy (non-hydrogen) atoms. The largest absolute Gasteiger partial charge is 0.394 e. The number of nitrogen functional groups attached to an aromatic ring is 1. The fourth-order valence-corrected chi connectivity index (χ4v) is 1.48. The van der Waals surface area contributed by atoms with E-state index in [2.05, 4.69) is 15.3 Å². The summed E-state index contributed by atoms with van der Waals surface area (Å²) in [5, 5.41) is 22.3. The van der Waals surface area contributed by atoms with Crippen LogP contribution >= 0.6 is 0 Å². The van der Waals surface area contributed by atoms with E-state index in [9.17, 15) is 10.1 Å². The van der Waals surface area contributed by atoms with Crippen LogP contribution in [-0.2, 0) is 4.74 Å². The maximum Gasteiger partial charge on any atom is 0.332 e. The predicted molar refractivity (Wildman–Crippen MR) is 68.8 cm³/mol. The zero-order valence-electron chi connectivity index (χ0n) is 10.6. The first-order valence-corrected chi connectivity index (χ1v) is 5.77. The number of ether oxygens (including phenoxy) is 1. The number of aliphatic hydroxyl groups excluding tert-OH is 1. The van der Waals surface area contributed by atoms with E-state index in [1.165, 1.54) is 6.92 Å². The molecule has 1 aromatic heterocycles. The maximum absolute atomic E-state index is 10.9. The molecule has 9 nitrogen and oxygen atoms in total. The van der Waals surface area contributed by atoms with Gasteiger partial charge in [0, 0.05) is 13.2 Å². The van der Waals surface area contributed by atoms with Gasteiger partial charge in [0.15, 0.2) is 0 Å². The fraction of sp³-hybridized carbons (Fsp3) is 0.600. The monoisotopic (exact) mass is 271 g/mol. The number of hydrogen-bond acceptors (Lipinski definition) is 8. The van der Waals surface area contributed by atoms with Crippen molar-refractivity contribution in [1.82, 2.24) is 9.97 Å². The second-order valence-corrected chi connectivity index (χ2v) is 3.74. The van der Waals surface area contributed by atoms with Crippen molar-refractivity contribution in [3.8, 4) is 0 Å². The third-order valence-corrected chi connectivity index (χ3v) is 2.25. The SMILES string of the molecule is Cc1nc(N)nc(NCCCOCCO)c1[N+](=O)[O-]. The molecule has 1 aromatic rings. The van der Waals surface area contributed by atoms with E-state index in [1.807, 2.05) is 0 Å². The van der Waals surface area contributed by atoms with Crippen LogP contribution in [0.2, 0.25) is 0 Å². The summed E-state index contributed by atoms with van der Waals surface area (Å²) < 4.78 is 5.06. The molecule has 106 valence electrons. The van der Waals surface area contributed by atoms with Gasteiger partial charge in [0.2, 0.25) is 11.8 Å². The second-order valence-electron chi connectivity index (χ2n) is 3.74. The summed E-state index contributed by atoms with van der Waals surface area (Å²) in [4.78, 5) is 18.0. The van der Waals surface area contributed by atoms with Gasteiger partial charge in [-0.25, -0.2) is 4.98 Å². The molecule has 1 heterocycles. The lowest BCUT2D eigenvalue weighted by atomic mass is 10.3. The number of nitrogens with one attached hydrogen (secondary N) is 1. The number of nitrogens with zero attached hydrogens (tertiary/aromatic N) is 3. The highest BCUT2D eigenvalue weighted by molar-refractivity contribution is 5.60. The molecule has 0 amide bonds. The van der Waals surface area contributed by atoms with Crippen LogP contribution in [0.25, 0.3) is 0 Å². The molecule has 0 radical (unpaired) electrons. The van der Waals surface area contributed by atoms with Gasteiger partial charge in [-0.3, -0.25) is 10.1 Å². The van der Waals surface area contributed by atoms with Crippen LogP contribution in [0, 0.1) is 17.0 Å². The highest BCUT2D eigenvalue weighted by Gasteiger charge is 2.20. The first-order valence-electron chi connectivity index (χ1n) is 5.77. The van der Waals surface area contributed by atoms with Gasteiger partial charge in [-0.15, -0.1) is 0 Å². The van der Waals surface area contributed by atoms with Gasteiger partial charge in [-0.2, -0.15) is 4.98 Å². The third-order valence-electron chi connectivity index (χ3n) is 2.25. The summed E-state index contributed by atoms with van der Waals surface area (Å²) in [6.45, 7) is 2.65. The standard InChI is InChI=1S/C10H17N5O4/c1-7-8(15(17)18)9(14-10(11)13-7)12-3-2-5-19-6-4-16/h16H,2-6H2,1H3,(H3,11,12,13,14). The number of hydrogen-bond donors (Lipinski definition) is 3. The van der Waals surface area contributed by atoms with E-state index >= 15 is 0 Å². The zero-order chi connectivity index (χ0) is 14.3. The van der Waals surface area contributed by atoms with Gasteiger partial charge in [0.1, 0.15) is 5.69 Å². The molecule has 9 heteroatoms. The lowest BCUT2D eigenvalue weighted by Gasteiger charge is -2.08. The number of nitro groups is 1. The Morgan fingerprint density at radius 2 is 2.21 bits per heavy atom. The Labute approximate surface area is 110 Å². The minimum Gasteiger partial charge on any atom is -0.394 e. The molecule has 0 spiro atoms. The van der Waals surface area contributed by atoms with Crippen molar-refractivity contribution < 1.29 is 14.8 Å². The first-order chi connectivity index (χ1) is 9.06. The number of aryl methyl sites for hydroxylation is 1. The molecular formula is C10H17N5O4. The van der Waals surface area contributed by atoms with Crippen molar-refractivity contribution in [1.29, 1.82) is 0 Å². The minimum absolute atomic E-state index is 0.0119. The summed E-state index contributed by atoms with van der Waals surface area (Å²) in [6.07, 6.45) is 0.625. The van der Waals surface area contributed by atoms with Gasteiger partial charge < -0.3 is 20.9 Å². The maximum atomic E-state index is 10.9. The third kappa shape index (κ3) is 4.64. The topological polar surface area (TPSA) is 136 Å². The molecule has 0 bridgehead atoms. The summed E-state index contributed by atoms with van der Waals surface area (Å²) >= 11 is 0. The second kappa shape index (κ2) is 7.44. The Bertz CT molecular complexity index is 440. The normalized spacial score (nSPS) is 10.4. The van der Waals surface area contributed by atoms with Crippen LogP contribution in [0.1, 0.15) is 12.1 Å². The zero-order valence-corrected chi connectivity index (χ0v) is 10.6. The van der Waals surface area contributed by atoms with Gasteiger partial charge in [-0.05, 0) is 13.3 Å². The van der Waals surface area contributed by atoms with Gasteiger partial charge >= 0.3 is 5.69 Å². The Morgan fingerprint density at radius 1 is 1.47 bits per heavy atom. The van der Waals surface area contributed by atoms with Crippen LogP contribution in [0.3, 0.4) is 0 Å². The molecule has 4 N–H and O–H groups in total. The van der Waals surface area contributed by atoms with E-state index in [4.69, 9.17) is 15.6 Å². The molecule has 0 aliphatic heterocycles. The van der Waals surface area contributed by atoms with Crippen molar-refractivity contribution in [2.75, 3.05) is 37.4 Å². The van der Waals surface area contributed by atoms with Crippen LogP contribution in [-0.4, -0.2) is 46.4 Å². The lowest BCUT2D eigenvalue weighted by Crippen LogP contribution is -2.12. The number of rotatable bonds is 8. The van der Waals surface area contributed by atoms with Gasteiger partial charge in [0.25, 0.3) is 0 Å². The summed E-state index contributed by atoms with van der Waals surface area (Å²) in [7, 11) is 0. The number of anilines is 2. The van der Waals surface area contributed by atoms with Gasteiger partial charge in [-0.1, -0.05) is 0 Å². The van der Waals surface area contributed by atoms with Crippen molar-refractivity contribution in [2.45, 2.75) is 13.3 Å². The Morgan fingerprint density at radius 3 is 2.84 bits per heavy atom. The molecule has 0 aliphatic rings. The first kappa shape index (κ1) is 15.1. The number of nitrogens with two attached hydrogens (primary N) is 1. The molecule has 0 unspecified atom stereocenters. The molecule has 0 aliphatic carbocycles. The molecule has 0 saturated carbocycles. The van der Waals surface area contributed by atoms with E-state index in [1.54, 1.807) is 0 Å². The van der Waals surface area contributed by atoms with E-state index in [0.29, 0.717) is 19.6 Å². The molecule has 0 fully saturated rings. The Hall–Kier alpha value is -2.00. The van der Waals surface area contributed by atoms with Crippen LogP contribution in [0.4, 0.5) is 17.5 Å². The lowest BCUT2D eigenvalue weighted by molar-refractivity contribution is -0.385.